The second-order valence-electron chi connectivity index (χ2n) is 5.97. The Hall–Kier alpha value is -3.03. The molecular formula is C20H19FN2O4. The average Bonchev–Trinajstić information content (AvgIpc) is 2.70. The van der Waals surface area contributed by atoms with Crippen LogP contribution in [0.4, 0.5) is 4.39 Å². The van der Waals surface area contributed by atoms with Crippen LogP contribution in [0, 0.1) is 5.82 Å². The van der Waals surface area contributed by atoms with Crippen LogP contribution in [0.1, 0.15) is 15.9 Å². The van der Waals surface area contributed by atoms with Gasteiger partial charge >= 0.3 is 5.97 Å². The maximum Gasteiger partial charge on any atom is 0.342 e. The van der Waals surface area contributed by atoms with Crippen LogP contribution in [0.15, 0.2) is 54.7 Å². The van der Waals surface area contributed by atoms with Crippen molar-refractivity contribution in [3.63, 3.8) is 0 Å². The molecular weight excluding hydrogens is 351 g/mol. The fourth-order valence-corrected chi connectivity index (χ4v) is 2.53. The lowest BCUT2D eigenvalue weighted by atomic mass is 10.1. The highest BCUT2D eigenvalue weighted by atomic mass is 19.1. The molecule has 3 aromatic rings. The van der Waals surface area contributed by atoms with E-state index in [1.54, 1.807) is 12.1 Å². The normalized spacial score (nSPS) is 12.0. The molecule has 0 unspecified atom stereocenters. The molecule has 0 saturated heterocycles. The number of aliphatic hydroxyl groups excluding tert-OH is 1. The Morgan fingerprint density at radius 1 is 1.22 bits per heavy atom. The molecule has 0 fully saturated rings. The van der Waals surface area contributed by atoms with Gasteiger partial charge in [-0.2, -0.15) is 0 Å². The first kappa shape index (κ1) is 18.8. The summed E-state index contributed by atoms with van der Waals surface area (Å²) in [4.78, 5) is 16.7. The van der Waals surface area contributed by atoms with Gasteiger partial charge in [-0.05, 0) is 23.8 Å². The fourth-order valence-electron chi connectivity index (χ4n) is 2.53. The minimum absolute atomic E-state index is 0.0102. The third-order valence-electron chi connectivity index (χ3n) is 3.90. The SMILES string of the molecule is N[C@H](CO)COc1ccc2ncc(F)cc2c1C(=O)OCc1ccccc1. The molecule has 3 rings (SSSR count). The molecule has 0 saturated carbocycles. The molecule has 0 aliphatic rings. The summed E-state index contributed by atoms with van der Waals surface area (Å²) in [5, 5.41) is 9.33. The van der Waals surface area contributed by atoms with E-state index in [9.17, 15) is 9.18 Å². The standard InChI is InChI=1S/C20H19FN2O4/c21-14-8-16-17(23-9-14)6-7-18(26-12-15(22)10-24)19(16)20(25)27-11-13-4-2-1-3-5-13/h1-9,15,24H,10-12,22H2/t15-/m1/s1. The molecule has 140 valence electrons. The monoisotopic (exact) mass is 370 g/mol. The van der Waals surface area contributed by atoms with Gasteiger partial charge in [0.15, 0.2) is 0 Å². The lowest BCUT2D eigenvalue weighted by molar-refractivity contribution is 0.0470. The maximum absolute atomic E-state index is 13.7. The van der Waals surface area contributed by atoms with Gasteiger partial charge in [0.05, 0.1) is 24.4 Å². The molecule has 0 bridgehead atoms. The minimum atomic E-state index is -0.663. The average molecular weight is 370 g/mol. The van der Waals surface area contributed by atoms with Gasteiger partial charge in [-0.25, -0.2) is 9.18 Å². The highest BCUT2D eigenvalue weighted by molar-refractivity contribution is 6.06. The van der Waals surface area contributed by atoms with Gasteiger partial charge < -0.3 is 20.3 Å². The number of nitrogens with two attached hydrogens (primary N) is 1. The molecule has 6 nitrogen and oxygen atoms in total. The summed E-state index contributed by atoms with van der Waals surface area (Å²) in [6.07, 6.45) is 1.07. The summed E-state index contributed by atoms with van der Waals surface area (Å²) in [5.74, 6) is -1.05. The Balaban J connectivity index is 1.93. The molecule has 0 spiro atoms. The number of esters is 1. The van der Waals surface area contributed by atoms with Gasteiger partial charge in [0.25, 0.3) is 0 Å². The predicted molar refractivity (Wildman–Crippen MR) is 97.8 cm³/mol. The molecule has 0 aliphatic heterocycles. The molecule has 1 heterocycles. The van der Waals surface area contributed by atoms with Gasteiger partial charge in [-0.3, -0.25) is 4.98 Å². The van der Waals surface area contributed by atoms with Crippen LogP contribution in [0.5, 0.6) is 5.75 Å². The van der Waals surface area contributed by atoms with Gasteiger partial charge in [-0.1, -0.05) is 30.3 Å². The van der Waals surface area contributed by atoms with Crippen LogP contribution >= 0.6 is 0 Å². The Kier molecular flexibility index (Phi) is 5.95. The van der Waals surface area contributed by atoms with Crippen molar-refractivity contribution in [3.8, 4) is 5.75 Å². The van der Waals surface area contributed by atoms with Crippen molar-refractivity contribution in [2.45, 2.75) is 12.6 Å². The van der Waals surface area contributed by atoms with Gasteiger partial charge in [0.1, 0.15) is 30.3 Å². The molecule has 7 heteroatoms. The topological polar surface area (TPSA) is 94.7 Å². The summed E-state index contributed by atoms with van der Waals surface area (Å²) >= 11 is 0. The minimum Gasteiger partial charge on any atom is -0.491 e. The van der Waals surface area contributed by atoms with Crippen molar-refractivity contribution in [1.29, 1.82) is 0 Å². The summed E-state index contributed by atoms with van der Waals surface area (Å²) in [6, 6.07) is 13.0. The number of hydrogen-bond donors (Lipinski definition) is 2. The lowest BCUT2D eigenvalue weighted by Crippen LogP contribution is -2.31. The first-order valence-corrected chi connectivity index (χ1v) is 8.37. The number of pyridine rings is 1. The number of carbonyl (C=O) groups is 1. The third-order valence-corrected chi connectivity index (χ3v) is 3.90. The first-order chi connectivity index (χ1) is 13.1. The van der Waals surface area contributed by atoms with Gasteiger partial charge in [0, 0.05) is 5.39 Å². The van der Waals surface area contributed by atoms with Crippen LogP contribution in [0.2, 0.25) is 0 Å². The molecule has 1 atom stereocenters. The molecule has 0 radical (unpaired) electrons. The number of rotatable bonds is 7. The summed E-state index contributed by atoms with van der Waals surface area (Å²) in [7, 11) is 0. The van der Waals surface area contributed by atoms with Crippen molar-refractivity contribution >= 4 is 16.9 Å². The Morgan fingerprint density at radius 2 is 2.00 bits per heavy atom. The molecule has 1 aromatic heterocycles. The zero-order valence-corrected chi connectivity index (χ0v) is 14.5. The highest BCUT2D eigenvalue weighted by Crippen LogP contribution is 2.29. The van der Waals surface area contributed by atoms with Crippen molar-refractivity contribution < 1.29 is 23.8 Å². The van der Waals surface area contributed by atoms with Crippen LogP contribution in [-0.4, -0.2) is 35.3 Å². The molecule has 0 aliphatic carbocycles. The van der Waals surface area contributed by atoms with Crippen LogP contribution in [0.25, 0.3) is 10.9 Å². The molecule has 27 heavy (non-hydrogen) atoms. The zero-order chi connectivity index (χ0) is 19.2. The third kappa shape index (κ3) is 4.58. The summed E-state index contributed by atoms with van der Waals surface area (Å²) in [6.45, 7) is -0.213. The zero-order valence-electron chi connectivity index (χ0n) is 14.5. The first-order valence-electron chi connectivity index (χ1n) is 8.37. The lowest BCUT2D eigenvalue weighted by Gasteiger charge is -2.15. The van der Waals surface area contributed by atoms with Crippen molar-refractivity contribution in [2.75, 3.05) is 13.2 Å². The predicted octanol–water partition coefficient (Wildman–Crippen LogP) is 2.43. The van der Waals surface area contributed by atoms with Crippen LogP contribution in [0.3, 0.4) is 0 Å². The van der Waals surface area contributed by atoms with E-state index in [1.165, 1.54) is 6.07 Å². The van der Waals surface area contributed by atoms with E-state index >= 15 is 0 Å². The van der Waals surface area contributed by atoms with Crippen LogP contribution in [-0.2, 0) is 11.3 Å². The quantitative estimate of drug-likeness (QED) is 0.621. The number of nitrogens with zero attached hydrogens (tertiary/aromatic N) is 1. The number of fused-ring (bicyclic) bond motifs is 1. The Bertz CT molecular complexity index is 934. The Morgan fingerprint density at radius 3 is 2.74 bits per heavy atom. The van der Waals surface area contributed by atoms with Gasteiger partial charge in [-0.15, -0.1) is 0 Å². The van der Waals surface area contributed by atoms with E-state index in [-0.39, 0.29) is 36.5 Å². The number of halogens is 1. The second-order valence-corrected chi connectivity index (χ2v) is 5.97. The van der Waals surface area contributed by atoms with Crippen molar-refractivity contribution in [2.24, 2.45) is 5.73 Å². The number of aliphatic hydroxyl groups is 1. The fraction of sp³-hybridized carbons (Fsp3) is 0.200. The van der Waals surface area contributed by atoms with E-state index < -0.39 is 17.8 Å². The Labute approximate surface area is 155 Å². The largest absolute Gasteiger partial charge is 0.491 e. The van der Waals surface area contributed by atoms with E-state index in [4.69, 9.17) is 20.3 Å². The number of carbonyl (C=O) groups excluding carboxylic acids is 1. The van der Waals surface area contributed by atoms with Crippen molar-refractivity contribution in [3.05, 3.63) is 71.7 Å². The van der Waals surface area contributed by atoms with Gasteiger partial charge in [0.2, 0.25) is 0 Å². The molecule has 0 amide bonds. The highest BCUT2D eigenvalue weighted by Gasteiger charge is 2.20. The van der Waals surface area contributed by atoms with E-state index in [0.29, 0.717) is 5.52 Å². The number of hydrogen-bond acceptors (Lipinski definition) is 6. The summed E-state index contributed by atoms with van der Waals surface area (Å²) in [5.41, 5.74) is 6.98. The number of ether oxygens (including phenoxy) is 2. The smallest absolute Gasteiger partial charge is 0.342 e. The number of benzene rings is 2. The van der Waals surface area contributed by atoms with Crippen molar-refractivity contribution in [1.82, 2.24) is 4.98 Å². The van der Waals surface area contributed by atoms with E-state index in [1.807, 2.05) is 30.3 Å². The van der Waals surface area contributed by atoms with E-state index in [2.05, 4.69) is 4.98 Å². The number of aromatic nitrogens is 1. The van der Waals surface area contributed by atoms with E-state index in [0.717, 1.165) is 11.8 Å². The maximum atomic E-state index is 13.7. The molecule has 3 N–H and O–H groups in total. The molecule has 2 aromatic carbocycles. The summed E-state index contributed by atoms with van der Waals surface area (Å²) < 4.78 is 24.7. The second kappa shape index (κ2) is 8.57. The van der Waals surface area contributed by atoms with Crippen LogP contribution < -0.4 is 10.5 Å².